The van der Waals surface area contributed by atoms with E-state index >= 15 is 0 Å². The van der Waals surface area contributed by atoms with Crippen molar-refractivity contribution in [2.75, 3.05) is 20.8 Å². The first-order chi connectivity index (χ1) is 11.9. The van der Waals surface area contributed by atoms with Gasteiger partial charge in [0.25, 0.3) is 0 Å². The van der Waals surface area contributed by atoms with Crippen molar-refractivity contribution >= 4 is 6.03 Å². The lowest BCUT2D eigenvalue weighted by molar-refractivity contribution is 0.236. The molecule has 2 rings (SSSR count). The minimum atomic E-state index is -0.434. The summed E-state index contributed by atoms with van der Waals surface area (Å²) in [4.78, 5) is 16.7. The molecule has 0 saturated carbocycles. The average Bonchev–Trinajstić information content (AvgIpc) is 3.02. The molecule has 0 fully saturated rings. The average molecular weight is 346 g/mol. The van der Waals surface area contributed by atoms with Crippen LogP contribution < -0.4 is 20.1 Å². The third kappa shape index (κ3) is 4.89. The van der Waals surface area contributed by atoms with Crippen molar-refractivity contribution in [3.63, 3.8) is 0 Å². The fraction of sp³-hybridized carbons (Fsp3) is 0.444. The SMILES string of the molecule is COc1cc(OC)cc(C(NC(=O)NCC(C)C)c2nccn2C)c1. The second kappa shape index (κ2) is 8.41. The van der Waals surface area contributed by atoms with Crippen molar-refractivity contribution in [1.82, 2.24) is 20.2 Å². The van der Waals surface area contributed by atoms with E-state index in [1.165, 1.54) is 0 Å². The van der Waals surface area contributed by atoms with Crippen molar-refractivity contribution < 1.29 is 14.3 Å². The molecule has 1 unspecified atom stereocenters. The molecule has 0 radical (unpaired) electrons. The number of rotatable bonds is 7. The lowest BCUT2D eigenvalue weighted by Crippen LogP contribution is -2.40. The highest BCUT2D eigenvalue weighted by Gasteiger charge is 2.22. The number of imidazole rings is 1. The number of nitrogens with one attached hydrogen (secondary N) is 2. The Kier molecular flexibility index (Phi) is 6.27. The van der Waals surface area contributed by atoms with Crippen LogP contribution in [0.1, 0.15) is 31.3 Å². The van der Waals surface area contributed by atoms with E-state index in [9.17, 15) is 4.79 Å². The topological polar surface area (TPSA) is 77.4 Å². The van der Waals surface area contributed by atoms with Gasteiger partial charge in [-0.1, -0.05) is 13.8 Å². The van der Waals surface area contributed by atoms with Crippen LogP contribution >= 0.6 is 0 Å². The summed E-state index contributed by atoms with van der Waals surface area (Å²) in [5.74, 6) is 2.39. The van der Waals surface area contributed by atoms with E-state index in [1.807, 2.05) is 43.8 Å². The molecule has 0 aliphatic carbocycles. The smallest absolute Gasteiger partial charge is 0.315 e. The molecule has 0 bridgehead atoms. The van der Waals surface area contributed by atoms with Crippen molar-refractivity contribution in [2.45, 2.75) is 19.9 Å². The van der Waals surface area contributed by atoms with Crippen LogP contribution in [0.3, 0.4) is 0 Å². The molecule has 25 heavy (non-hydrogen) atoms. The summed E-state index contributed by atoms with van der Waals surface area (Å²) >= 11 is 0. The standard InChI is InChI=1S/C18H26N4O3/c1-12(2)11-20-18(23)21-16(17-19-6-7-22(17)3)13-8-14(24-4)10-15(9-13)25-5/h6-10,12,16H,11H2,1-5H3,(H2,20,21,23). The van der Waals surface area contributed by atoms with Gasteiger partial charge in [0.15, 0.2) is 0 Å². The number of carbonyl (C=O) groups is 1. The first kappa shape index (κ1) is 18.6. The number of urea groups is 1. The fourth-order valence-corrected chi connectivity index (χ4v) is 2.43. The second-order valence-electron chi connectivity index (χ2n) is 6.22. The Labute approximate surface area is 148 Å². The van der Waals surface area contributed by atoms with Crippen molar-refractivity contribution in [3.05, 3.63) is 42.0 Å². The van der Waals surface area contributed by atoms with Gasteiger partial charge in [0, 0.05) is 32.1 Å². The summed E-state index contributed by atoms with van der Waals surface area (Å²) < 4.78 is 12.6. The van der Waals surface area contributed by atoms with Crippen LogP contribution in [0.4, 0.5) is 4.79 Å². The molecule has 0 spiro atoms. The van der Waals surface area contributed by atoms with E-state index < -0.39 is 6.04 Å². The predicted octanol–water partition coefficient (Wildman–Crippen LogP) is 2.48. The molecule has 7 nitrogen and oxygen atoms in total. The Morgan fingerprint density at radius 2 is 1.84 bits per heavy atom. The number of hydrogen-bond donors (Lipinski definition) is 2. The van der Waals surface area contributed by atoms with Crippen molar-refractivity contribution in [1.29, 1.82) is 0 Å². The summed E-state index contributed by atoms with van der Waals surface area (Å²) in [6.45, 7) is 4.69. The molecule has 1 aromatic carbocycles. The Balaban J connectivity index is 2.35. The van der Waals surface area contributed by atoms with E-state index in [2.05, 4.69) is 15.6 Å². The fourth-order valence-electron chi connectivity index (χ4n) is 2.43. The summed E-state index contributed by atoms with van der Waals surface area (Å²) in [6, 6.07) is 4.84. The highest BCUT2D eigenvalue weighted by atomic mass is 16.5. The third-order valence-electron chi connectivity index (χ3n) is 3.77. The molecule has 136 valence electrons. The highest BCUT2D eigenvalue weighted by molar-refractivity contribution is 5.75. The Hall–Kier alpha value is -2.70. The zero-order valence-corrected chi connectivity index (χ0v) is 15.4. The van der Waals surface area contributed by atoms with Gasteiger partial charge in [-0.25, -0.2) is 9.78 Å². The van der Waals surface area contributed by atoms with Gasteiger partial charge >= 0.3 is 6.03 Å². The van der Waals surface area contributed by atoms with E-state index in [-0.39, 0.29) is 6.03 Å². The molecule has 1 heterocycles. The summed E-state index contributed by atoms with van der Waals surface area (Å²) in [5, 5.41) is 5.86. The zero-order valence-electron chi connectivity index (χ0n) is 15.4. The van der Waals surface area contributed by atoms with Crippen molar-refractivity contribution in [3.8, 4) is 11.5 Å². The predicted molar refractivity (Wildman–Crippen MR) is 96.0 cm³/mol. The maximum atomic E-state index is 12.3. The molecule has 0 saturated heterocycles. The van der Waals surface area contributed by atoms with Crippen LogP contribution in [-0.4, -0.2) is 36.3 Å². The second-order valence-corrected chi connectivity index (χ2v) is 6.22. The number of benzene rings is 1. The summed E-state index contributed by atoms with van der Waals surface area (Å²) in [6.07, 6.45) is 3.54. The van der Waals surface area contributed by atoms with E-state index in [0.29, 0.717) is 24.0 Å². The first-order valence-electron chi connectivity index (χ1n) is 8.19. The molecule has 0 aliphatic rings. The van der Waals surface area contributed by atoms with Crippen LogP contribution in [0.2, 0.25) is 0 Å². The number of nitrogens with zero attached hydrogens (tertiary/aromatic N) is 2. The highest BCUT2D eigenvalue weighted by Crippen LogP contribution is 2.29. The lowest BCUT2D eigenvalue weighted by atomic mass is 10.1. The number of methoxy groups -OCH3 is 2. The normalized spacial score (nSPS) is 11.9. The minimum absolute atomic E-state index is 0.247. The summed E-state index contributed by atoms with van der Waals surface area (Å²) in [5.41, 5.74) is 0.824. The number of hydrogen-bond acceptors (Lipinski definition) is 4. The molecule has 2 N–H and O–H groups in total. The number of ether oxygens (including phenoxy) is 2. The maximum absolute atomic E-state index is 12.3. The molecule has 1 aromatic heterocycles. The van der Waals surface area contributed by atoms with Crippen LogP contribution in [0.25, 0.3) is 0 Å². The Morgan fingerprint density at radius 3 is 2.32 bits per heavy atom. The lowest BCUT2D eigenvalue weighted by Gasteiger charge is -2.21. The number of carbonyl (C=O) groups excluding carboxylic acids is 1. The number of amides is 2. The van der Waals surface area contributed by atoms with Crippen LogP contribution in [-0.2, 0) is 7.05 Å². The minimum Gasteiger partial charge on any atom is -0.497 e. The number of aromatic nitrogens is 2. The van der Waals surface area contributed by atoms with Gasteiger partial charge in [-0.15, -0.1) is 0 Å². The largest absolute Gasteiger partial charge is 0.497 e. The number of aryl methyl sites for hydroxylation is 1. The van der Waals surface area contributed by atoms with Gasteiger partial charge in [0.1, 0.15) is 23.4 Å². The van der Waals surface area contributed by atoms with Crippen LogP contribution in [0.5, 0.6) is 11.5 Å². The Bertz CT molecular complexity index is 690. The van der Waals surface area contributed by atoms with Gasteiger partial charge in [0.05, 0.1) is 14.2 Å². The molecule has 1 atom stereocenters. The Morgan fingerprint density at radius 1 is 1.20 bits per heavy atom. The molecule has 2 aromatic rings. The quantitative estimate of drug-likeness (QED) is 0.807. The van der Waals surface area contributed by atoms with Crippen molar-refractivity contribution in [2.24, 2.45) is 13.0 Å². The zero-order chi connectivity index (χ0) is 18.4. The van der Waals surface area contributed by atoms with Gasteiger partial charge in [-0.3, -0.25) is 0 Å². The third-order valence-corrected chi connectivity index (χ3v) is 3.77. The van der Waals surface area contributed by atoms with Gasteiger partial charge in [-0.05, 0) is 23.6 Å². The van der Waals surface area contributed by atoms with Gasteiger partial charge < -0.3 is 24.7 Å². The molecule has 0 aliphatic heterocycles. The monoisotopic (exact) mass is 346 g/mol. The molecular weight excluding hydrogens is 320 g/mol. The van der Waals surface area contributed by atoms with E-state index in [1.54, 1.807) is 26.5 Å². The molecular formula is C18H26N4O3. The van der Waals surface area contributed by atoms with Gasteiger partial charge in [-0.2, -0.15) is 0 Å². The van der Waals surface area contributed by atoms with Crippen LogP contribution in [0.15, 0.2) is 30.6 Å². The van der Waals surface area contributed by atoms with E-state index in [0.717, 1.165) is 11.4 Å². The van der Waals surface area contributed by atoms with E-state index in [4.69, 9.17) is 9.47 Å². The maximum Gasteiger partial charge on any atom is 0.315 e. The van der Waals surface area contributed by atoms with Crippen LogP contribution in [0, 0.1) is 5.92 Å². The molecule has 2 amide bonds. The van der Waals surface area contributed by atoms with Gasteiger partial charge in [0.2, 0.25) is 0 Å². The first-order valence-corrected chi connectivity index (χ1v) is 8.19. The molecule has 7 heteroatoms. The summed E-state index contributed by atoms with van der Waals surface area (Å²) in [7, 11) is 5.08.